The number of amides is 1. The van der Waals surface area contributed by atoms with Crippen molar-refractivity contribution >= 4 is 5.91 Å². The second-order valence-electron chi connectivity index (χ2n) is 7.90. The molecule has 0 saturated heterocycles. The Balaban J connectivity index is 3.82. The first kappa shape index (κ1) is 19.5. The zero-order valence-corrected chi connectivity index (χ0v) is 14.9. The molecule has 0 aliphatic carbocycles. The molecule has 1 N–H and O–H groups in total. The lowest BCUT2D eigenvalue weighted by molar-refractivity contribution is -0.121. The summed E-state index contributed by atoms with van der Waals surface area (Å²) in [5.41, 5.74) is 0.385. The van der Waals surface area contributed by atoms with Gasteiger partial charge in [0.25, 0.3) is 0 Å². The molecule has 0 bridgehead atoms. The van der Waals surface area contributed by atoms with E-state index in [1.807, 2.05) is 0 Å². The van der Waals surface area contributed by atoms with Crippen molar-refractivity contribution in [2.75, 3.05) is 6.54 Å². The average Bonchev–Trinajstić information content (AvgIpc) is 2.32. The Morgan fingerprint density at radius 3 is 2.20 bits per heavy atom. The lowest BCUT2D eigenvalue weighted by atomic mass is 9.81. The highest BCUT2D eigenvalue weighted by Gasteiger charge is 2.19. The monoisotopic (exact) mass is 283 g/mol. The molecule has 0 aromatic heterocycles. The van der Waals surface area contributed by atoms with E-state index in [0.717, 1.165) is 18.9 Å². The van der Waals surface area contributed by atoms with Gasteiger partial charge in [-0.3, -0.25) is 4.79 Å². The summed E-state index contributed by atoms with van der Waals surface area (Å²) < 4.78 is 0. The molecule has 0 aromatic carbocycles. The van der Waals surface area contributed by atoms with Gasteiger partial charge in [-0.15, -0.1) is 0 Å². The topological polar surface area (TPSA) is 29.1 Å². The van der Waals surface area contributed by atoms with E-state index in [1.54, 1.807) is 0 Å². The highest BCUT2D eigenvalue weighted by atomic mass is 16.1. The van der Waals surface area contributed by atoms with Gasteiger partial charge >= 0.3 is 0 Å². The van der Waals surface area contributed by atoms with Gasteiger partial charge in [0.1, 0.15) is 0 Å². The van der Waals surface area contributed by atoms with Crippen LogP contribution in [-0.4, -0.2) is 12.5 Å². The third kappa shape index (κ3) is 10.3. The van der Waals surface area contributed by atoms with E-state index in [-0.39, 0.29) is 5.91 Å². The molecule has 2 heteroatoms. The van der Waals surface area contributed by atoms with Crippen LogP contribution in [0.4, 0.5) is 0 Å². The lowest BCUT2D eigenvalue weighted by Gasteiger charge is -2.26. The number of nitrogens with one attached hydrogen (secondary N) is 1. The molecule has 120 valence electrons. The Morgan fingerprint density at radius 2 is 1.70 bits per heavy atom. The first-order valence-corrected chi connectivity index (χ1v) is 8.43. The van der Waals surface area contributed by atoms with E-state index in [0.29, 0.717) is 23.7 Å². The summed E-state index contributed by atoms with van der Waals surface area (Å²) in [7, 11) is 0. The summed E-state index contributed by atoms with van der Waals surface area (Å²) in [6, 6.07) is 0. The number of rotatable bonds is 10. The fourth-order valence-corrected chi connectivity index (χ4v) is 2.84. The normalized spacial score (nSPS) is 15.2. The molecule has 0 aliphatic rings. The van der Waals surface area contributed by atoms with Crippen molar-refractivity contribution in [1.29, 1.82) is 0 Å². The molecule has 0 radical (unpaired) electrons. The minimum atomic E-state index is 0.224. The van der Waals surface area contributed by atoms with Gasteiger partial charge in [-0.05, 0) is 42.4 Å². The van der Waals surface area contributed by atoms with Crippen molar-refractivity contribution in [2.24, 2.45) is 23.2 Å². The van der Waals surface area contributed by atoms with E-state index >= 15 is 0 Å². The molecule has 2 unspecified atom stereocenters. The van der Waals surface area contributed by atoms with Crippen molar-refractivity contribution in [3.63, 3.8) is 0 Å². The van der Waals surface area contributed by atoms with Crippen molar-refractivity contribution in [3.05, 3.63) is 0 Å². The second-order valence-corrected chi connectivity index (χ2v) is 7.90. The van der Waals surface area contributed by atoms with E-state index in [1.165, 1.54) is 19.3 Å². The average molecular weight is 284 g/mol. The molecule has 0 rings (SSSR count). The summed E-state index contributed by atoms with van der Waals surface area (Å²) in [4.78, 5) is 11.9. The highest BCUT2D eigenvalue weighted by molar-refractivity contribution is 5.75. The highest BCUT2D eigenvalue weighted by Crippen LogP contribution is 2.28. The Labute approximate surface area is 127 Å². The van der Waals surface area contributed by atoms with Crippen molar-refractivity contribution < 1.29 is 4.79 Å². The van der Waals surface area contributed by atoms with Crippen LogP contribution >= 0.6 is 0 Å². The van der Waals surface area contributed by atoms with Crippen LogP contribution in [0.2, 0.25) is 0 Å². The zero-order chi connectivity index (χ0) is 15.8. The molecular formula is C18H37NO. The summed E-state index contributed by atoms with van der Waals surface area (Å²) >= 11 is 0. The van der Waals surface area contributed by atoms with Gasteiger partial charge in [0.05, 0.1) is 0 Å². The van der Waals surface area contributed by atoms with E-state index in [2.05, 4.69) is 53.8 Å². The Bertz CT molecular complexity index is 271. The smallest absolute Gasteiger partial charge is 0.220 e. The van der Waals surface area contributed by atoms with Crippen LogP contribution in [0.25, 0.3) is 0 Å². The van der Waals surface area contributed by atoms with Gasteiger partial charge in [-0.25, -0.2) is 0 Å². The SMILES string of the molecule is CCC(C)(C)CC(C)CNC(=O)CCC(C)CC(C)C. The minimum absolute atomic E-state index is 0.224. The molecule has 0 aliphatic heterocycles. The quantitative estimate of drug-likeness (QED) is 0.599. The van der Waals surface area contributed by atoms with Crippen LogP contribution in [0.5, 0.6) is 0 Å². The number of hydrogen-bond acceptors (Lipinski definition) is 1. The van der Waals surface area contributed by atoms with E-state index < -0.39 is 0 Å². The van der Waals surface area contributed by atoms with Gasteiger partial charge in [0.15, 0.2) is 0 Å². The van der Waals surface area contributed by atoms with E-state index in [9.17, 15) is 4.79 Å². The van der Waals surface area contributed by atoms with Crippen LogP contribution < -0.4 is 5.32 Å². The molecular weight excluding hydrogens is 246 g/mol. The van der Waals surface area contributed by atoms with Crippen molar-refractivity contribution in [1.82, 2.24) is 5.32 Å². The van der Waals surface area contributed by atoms with Crippen LogP contribution in [0.3, 0.4) is 0 Å². The van der Waals surface area contributed by atoms with Crippen LogP contribution in [0.15, 0.2) is 0 Å². The fraction of sp³-hybridized carbons (Fsp3) is 0.944. The molecule has 1 amide bonds. The maximum atomic E-state index is 11.9. The molecule has 0 aromatic rings. The molecule has 0 spiro atoms. The standard InChI is InChI=1S/C18H37NO/c1-8-18(6,7)12-16(5)13-19-17(20)10-9-15(4)11-14(2)3/h14-16H,8-13H2,1-7H3,(H,19,20). The third-order valence-corrected chi connectivity index (χ3v) is 4.24. The van der Waals surface area contributed by atoms with Crippen LogP contribution in [-0.2, 0) is 4.79 Å². The van der Waals surface area contributed by atoms with Crippen molar-refractivity contribution in [3.8, 4) is 0 Å². The largest absolute Gasteiger partial charge is 0.356 e. The third-order valence-electron chi connectivity index (χ3n) is 4.24. The zero-order valence-electron chi connectivity index (χ0n) is 14.9. The number of carbonyl (C=O) groups is 1. The number of carbonyl (C=O) groups excluding carboxylic acids is 1. The molecule has 2 atom stereocenters. The molecule has 0 heterocycles. The van der Waals surface area contributed by atoms with Gasteiger partial charge in [-0.2, -0.15) is 0 Å². The molecule has 0 fully saturated rings. The predicted molar refractivity (Wildman–Crippen MR) is 88.7 cm³/mol. The summed E-state index contributed by atoms with van der Waals surface area (Å²) in [5.74, 6) is 2.16. The van der Waals surface area contributed by atoms with Gasteiger partial charge < -0.3 is 5.32 Å². The Kier molecular flexibility index (Phi) is 9.16. The molecule has 2 nitrogen and oxygen atoms in total. The van der Waals surface area contributed by atoms with E-state index in [4.69, 9.17) is 0 Å². The predicted octanol–water partition coefficient (Wildman–Crippen LogP) is 5.03. The summed E-state index contributed by atoms with van der Waals surface area (Å²) in [5, 5.41) is 3.10. The minimum Gasteiger partial charge on any atom is -0.356 e. The molecule has 20 heavy (non-hydrogen) atoms. The summed E-state index contributed by atoms with van der Waals surface area (Å²) in [6.45, 7) is 16.6. The lowest BCUT2D eigenvalue weighted by Crippen LogP contribution is -2.30. The van der Waals surface area contributed by atoms with Gasteiger partial charge in [-0.1, -0.05) is 54.9 Å². The van der Waals surface area contributed by atoms with Crippen molar-refractivity contribution in [2.45, 2.75) is 80.6 Å². The summed E-state index contributed by atoms with van der Waals surface area (Å²) in [6.07, 6.45) is 5.27. The van der Waals surface area contributed by atoms with Gasteiger partial charge in [0.2, 0.25) is 5.91 Å². The first-order chi connectivity index (χ1) is 9.16. The fourth-order valence-electron chi connectivity index (χ4n) is 2.84. The first-order valence-electron chi connectivity index (χ1n) is 8.43. The Morgan fingerprint density at radius 1 is 1.10 bits per heavy atom. The Hall–Kier alpha value is -0.530. The number of hydrogen-bond donors (Lipinski definition) is 1. The molecule has 0 saturated carbocycles. The second kappa shape index (κ2) is 9.41. The van der Waals surface area contributed by atoms with Gasteiger partial charge in [0, 0.05) is 13.0 Å². The maximum Gasteiger partial charge on any atom is 0.220 e. The van der Waals surface area contributed by atoms with Crippen LogP contribution in [0, 0.1) is 23.2 Å². The van der Waals surface area contributed by atoms with Crippen LogP contribution in [0.1, 0.15) is 80.6 Å². The maximum absolute atomic E-state index is 11.9.